The molecule has 1 aromatic heterocycles. The fourth-order valence-corrected chi connectivity index (χ4v) is 2.09. The first-order valence-electron chi connectivity index (χ1n) is 5.67. The van der Waals surface area contributed by atoms with Gasteiger partial charge in [0.05, 0.1) is 23.1 Å². The van der Waals surface area contributed by atoms with Gasteiger partial charge in [0.2, 0.25) is 0 Å². The number of imidazole rings is 1. The zero-order valence-corrected chi connectivity index (χ0v) is 10.9. The van der Waals surface area contributed by atoms with Crippen LogP contribution in [0.2, 0.25) is 0 Å². The van der Waals surface area contributed by atoms with Crippen molar-refractivity contribution in [1.82, 2.24) is 9.97 Å². The van der Waals surface area contributed by atoms with Crippen LogP contribution in [0.4, 0.5) is 0 Å². The minimum absolute atomic E-state index is 0.0639. The zero-order chi connectivity index (χ0) is 13.8. The summed E-state index contributed by atoms with van der Waals surface area (Å²) >= 11 is 6.20. The second kappa shape index (κ2) is 5.69. The SMILES string of the molecule is CCOC(=O)C1=CC=C(c2ncc[nH]2)C(Cl)C1=C=O. The quantitative estimate of drug-likeness (QED) is 0.518. The molecule has 1 heterocycles. The fourth-order valence-electron chi connectivity index (χ4n) is 1.76. The van der Waals surface area contributed by atoms with Crippen LogP contribution in [-0.2, 0) is 14.3 Å². The second-order valence-electron chi connectivity index (χ2n) is 3.74. The van der Waals surface area contributed by atoms with Crippen LogP contribution in [0.5, 0.6) is 0 Å². The van der Waals surface area contributed by atoms with Crippen molar-refractivity contribution in [2.45, 2.75) is 12.3 Å². The summed E-state index contributed by atoms with van der Waals surface area (Å²) in [6, 6.07) is 0. The average Bonchev–Trinajstić information content (AvgIpc) is 2.92. The van der Waals surface area contributed by atoms with Crippen LogP contribution < -0.4 is 0 Å². The zero-order valence-electron chi connectivity index (χ0n) is 10.1. The minimum atomic E-state index is -0.784. The molecule has 98 valence electrons. The third kappa shape index (κ3) is 2.52. The molecule has 19 heavy (non-hydrogen) atoms. The maximum atomic E-state index is 11.7. The van der Waals surface area contributed by atoms with Crippen molar-refractivity contribution in [2.24, 2.45) is 0 Å². The lowest BCUT2D eigenvalue weighted by Crippen LogP contribution is -2.20. The predicted octanol–water partition coefficient (Wildman–Crippen LogP) is 1.66. The number of nitrogens with one attached hydrogen (secondary N) is 1. The van der Waals surface area contributed by atoms with Gasteiger partial charge in [-0.1, -0.05) is 6.08 Å². The summed E-state index contributed by atoms with van der Waals surface area (Å²) < 4.78 is 4.87. The summed E-state index contributed by atoms with van der Waals surface area (Å²) in [4.78, 5) is 29.7. The molecular formula is C13H11ClN2O3. The molecule has 0 aliphatic heterocycles. The van der Waals surface area contributed by atoms with Crippen molar-refractivity contribution < 1.29 is 14.3 Å². The summed E-state index contributed by atoms with van der Waals surface area (Å²) in [5.41, 5.74) is 0.805. The Balaban J connectivity index is 2.42. The predicted molar refractivity (Wildman–Crippen MR) is 70.1 cm³/mol. The highest BCUT2D eigenvalue weighted by Crippen LogP contribution is 2.33. The number of hydrogen-bond acceptors (Lipinski definition) is 4. The van der Waals surface area contributed by atoms with Gasteiger partial charge < -0.3 is 9.72 Å². The normalized spacial score (nSPS) is 18.4. The highest BCUT2D eigenvalue weighted by Gasteiger charge is 2.30. The van der Waals surface area contributed by atoms with E-state index < -0.39 is 11.3 Å². The molecule has 1 unspecified atom stereocenters. The number of hydrogen-bond donors (Lipinski definition) is 1. The molecule has 5 nitrogen and oxygen atoms in total. The molecule has 0 fully saturated rings. The summed E-state index contributed by atoms with van der Waals surface area (Å²) in [5.74, 6) is 1.68. The lowest BCUT2D eigenvalue weighted by atomic mass is 9.93. The molecule has 6 heteroatoms. The first-order valence-corrected chi connectivity index (χ1v) is 6.10. The van der Waals surface area contributed by atoms with Gasteiger partial charge in [-0.3, -0.25) is 0 Å². The Morgan fingerprint density at radius 2 is 2.37 bits per heavy atom. The van der Waals surface area contributed by atoms with Crippen LogP contribution in [0.1, 0.15) is 12.7 Å². The summed E-state index contributed by atoms with van der Waals surface area (Å²) in [5, 5.41) is -0.784. The number of halogens is 1. The highest BCUT2D eigenvalue weighted by atomic mass is 35.5. The van der Waals surface area contributed by atoms with E-state index in [2.05, 4.69) is 9.97 Å². The molecular weight excluding hydrogens is 268 g/mol. The Kier molecular flexibility index (Phi) is 4.00. The van der Waals surface area contributed by atoms with Crippen molar-refractivity contribution >= 4 is 29.1 Å². The highest BCUT2D eigenvalue weighted by molar-refractivity contribution is 6.31. The molecule has 1 atom stereocenters. The van der Waals surface area contributed by atoms with Gasteiger partial charge in [0.25, 0.3) is 0 Å². The maximum Gasteiger partial charge on any atom is 0.339 e. The van der Waals surface area contributed by atoms with E-state index in [4.69, 9.17) is 16.3 Å². The van der Waals surface area contributed by atoms with Crippen molar-refractivity contribution in [1.29, 1.82) is 0 Å². The first kappa shape index (κ1) is 13.3. The molecule has 0 bridgehead atoms. The van der Waals surface area contributed by atoms with Crippen molar-refractivity contribution in [3.63, 3.8) is 0 Å². The smallest absolute Gasteiger partial charge is 0.339 e. The molecule has 0 saturated carbocycles. The van der Waals surface area contributed by atoms with Crippen LogP contribution in [0.25, 0.3) is 5.57 Å². The molecule has 1 aromatic rings. The monoisotopic (exact) mass is 278 g/mol. The molecule has 0 amide bonds. The van der Waals surface area contributed by atoms with Gasteiger partial charge in [-0.2, -0.15) is 0 Å². The molecule has 1 N–H and O–H groups in total. The van der Waals surface area contributed by atoms with Gasteiger partial charge in [-0.25, -0.2) is 14.6 Å². The number of nitrogens with zero attached hydrogens (tertiary/aromatic N) is 1. The number of ether oxygens (including phenoxy) is 1. The van der Waals surface area contributed by atoms with Gasteiger partial charge in [0, 0.05) is 18.0 Å². The van der Waals surface area contributed by atoms with Gasteiger partial charge in [-0.05, 0) is 13.0 Å². The third-order valence-electron chi connectivity index (χ3n) is 2.62. The van der Waals surface area contributed by atoms with Gasteiger partial charge in [0.1, 0.15) is 11.8 Å². The summed E-state index contributed by atoms with van der Waals surface area (Å²) in [7, 11) is 0. The molecule has 0 spiro atoms. The van der Waals surface area contributed by atoms with Crippen molar-refractivity contribution in [2.75, 3.05) is 6.61 Å². The fraction of sp³-hybridized carbons (Fsp3) is 0.231. The average molecular weight is 279 g/mol. The Morgan fingerprint density at radius 1 is 1.58 bits per heavy atom. The Hall–Kier alpha value is -2.10. The standard InChI is InChI=1S/C13H11ClN2O3/c1-2-19-13(18)8-3-4-9(11(14)10(8)7-17)12-15-5-6-16-12/h3-6,11H,2H2,1H3,(H,15,16). The summed E-state index contributed by atoms with van der Waals surface area (Å²) in [6.45, 7) is 1.91. The molecule has 0 radical (unpaired) electrons. The van der Waals surface area contributed by atoms with E-state index in [0.717, 1.165) is 0 Å². The lowest BCUT2D eigenvalue weighted by Gasteiger charge is -2.18. The molecule has 2 rings (SSSR count). The van der Waals surface area contributed by atoms with Crippen molar-refractivity contribution in [3.05, 3.63) is 41.5 Å². The second-order valence-corrected chi connectivity index (χ2v) is 4.18. The molecule has 0 aromatic carbocycles. The number of carbonyl (C=O) groups excluding carboxylic acids is 2. The Morgan fingerprint density at radius 3 is 2.95 bits per heavy atom. The van der Waals surface area contributed by atoms with E-state index in [-0.39, 0.29) is 17.8 Å². The number of aromatic nitrogens is 2. The van der Waals surface area contributed by atoms with E-state index in [9.17, 15) is 9.59 Å². The Labute approximate surface area is 114 Å². The van der Waals surface area contributed by atoms with E-state index in [1.807, 2.05) is 0 Å². The number of alkyl halides is 1. The number of carbonyl (C=O) groups is 1. The van der Waals surface area contributed by atoms with Crippen LogP contribution >= 0.6 is 11.6 Å². The molecule has 1 aliphatic rings. The number of allylic oxidation sites excluding steroid dienone is 3. The van der Waals surface area contributed by atoms with Crippen LogP contribution in [0.15, 0.2) is 35.7 Å². The topological polar surface area (TPSA) is 72.0 Å². The number of rotatable bonds is 3. The van der Waals surface area contributed by atoms with Gasteiger partial charge in [-0.15, -0.1) is 11.6 Å². The number of H-pyrrole nitrogens is 1. The van der Waals surface area contributed by atoms with Crippen LogP contribution in [0.3, 0.4) is 0 Å². The molecule has 1 aliphatic carbocycles. The van der Waals surface area contributed by atoms with Gasteiger partial charge in [0.15, 0.2) is 0 Å². The van der Waals surface area contributed by atoms with Crippen LogP contribution in [0, 0.1) is 0 Å². The number of aromatic amines is 1. The lowest BCUT2D eigenvalue weighted by molar-refractivity contribution is -0.138. The molecule has 0 saturated heterocycles. The minimum Gasteiger partial charge on any atom is -0.462 e. The maximum absolute atomic E-state index is 11.7. The Bertz CT molecular complexity index is 595. The third-order valence-corrected chi connectivity index (χ3v) is 3.08. The van der Waals surface area contributed by atoms with E-state index >= 15 is 0 Å². The van der Waals surface area contributed by atoms with E-state index in [0.29, 0.717) is 11.4 Å². The van der Waals surface area contributed by atoms with Crippen LogP contribution in [-0.4, -0.2) is 33.9 Å². The van der Waals surface area contributed by atoms with E-state index in [1.54, 1.807) is 31.3 Å². The van der Waals surface area contributed by atoms with Gasteiger partial charge >= 0.3 is 5.97 Å². The van der Waals surface area contributed by atoms with Crippen molar-refractivity contribution in [3.8, 4) is 0 Å². The number of esters is 1. The largest absolute Gasteiger partial charge is 0.462 e. The first-order chi connectivity index (χ1) is 9.19. The summed E-state index contributed by atoms with van der Waals surface area (Å²) in [6.07, 6.45) is 6.36. The van der Waals surface area contributed by atoms with E-state index in [1.165, 1.54) is 6.08 Å².